The van der Waals surface area contributed by atoms with Gasteiger partial charge in [0.1, 0.15) is 11.9 Å². The SMILES string of the molecule is FC(F)(F)Oc1cc(OC2CCNCC2)ccc1Cl. The predicted octanol–water partition coefficient (Wildman–Crippen LogP) is 3.37. The van der Waals surface area contributed by atoms with Crippen molar-refractivity contribution in [3.8, 4) is 11.5 Å². The maximum atomic E-state index is 12.2. The summed E-state index contributed by atoms with van der Waals surface area (Å²) < 4.78 is 46.0. The van der Waals surface area contributed by atoms with Crippen LogP contribution < -0.4 is 14.8 Å². The molecule has 1 heterocycles. The van der Waals surface area contributed by atoms with E-state index in [0.717, 1.165) is 32.0 Å². The van der Waals surface area contributed by atoms with Crippen molar-refractivity contribution in [1.29, 1.82) is 0 Å². The van der Waals surface area contributed by atoms with Gasteiger partial charge in [0.15, 0.2) is 5.75 Å². The molecule has 1 aliphatic heterocycles. The van der Waals surface area contributed by atoms with Gasteiger partial charge in [0.2, 0.25) is 0 Å². The third kappa shape index (κ3) is 4.47. The van der Waals surface area contributed by atoms with Gasteiger partial charge in [-0.15, -0.1) is 13.2 Å². The summed E-state index contributed by atoms with van der Waals surface area (Å²) in [7, 11) is 0. The molecule has 0 aliphatic carbocycles. The van der Waals surface area contributed by atoms with Crippen LogP contribution in [0.15, 0.2) is 18.2 Å². The first-order chi connectivity index (χ1) is 8.94. The zero-order chi connectivity index (χ0) is 13.9. The maximum Gasteiger partial charge on any atom is 0.573 e. The Morgan fingerprint density at radius 2 is 1.89 bits per heavy atom. The topological polar surface area (TPSA) is 30.5 Å². The maximum absolute atomic E-state index is 12.2. The molecule has 2 rings (SSSR count). The molecule has 1 N–H and O–H groups in total. The Morgan fingerprint density at radius 1 is 1.21 bits per heavy atom. The summed E-state index contributed by atoms with van der Waals surface area (Å²) in [6, 6.07) is 4.03. The van der Waals surface area contributed by atoms with Gasteiger partial charge in [-0.25, -0.2) is 0 Å². The molecule has 0 spiro atoms. The second-order valence-electron chi connectivity index (χ2n) is 4.21. The van der Waals surface area contributed by atoms with Crippen molar-refractivity contribution in [3.05, 3.63) is 23.2 Å². The summed E-state index contributed by atoms with van der Waals surface area (Å²) in [6.07, 6.45) is -3.13. The zero-order valence-corrected chi connectivity index (χ0v) is 10.7. The molecule has 7 heteroatoms. The highest BCUT2D eigenvalue weighted by Crippen LogP contribution is 2.33. The van der Waals surface area contributed by atoms with Gasteiger partial charge in [0.25, 0.3) is 0 Å². The van der Waals surface area contributed by atoms with Crippen LogP contribution in [0.5, 0.6) is 11.5 Å². The molecule has 3 nitrogen and oxygen atoms in total. The molecule has 0 atom stereocenters. The van der Waals surface area contributed by atoms with Crippen LogP contribution in [0.4, 0.5) is 13.2 Å². The summed E-state index contributed by atoms with van der Waals surface area (Å²) >= 11 is 5.65. The summed E-state index contributed by atoms with van der Waals surface area (Å²) in [4.78, 5) is 0. The van der Waals surface area contributed by atoms with Crippen molar-refractivity contribution in [2.45, 2.75) is 25.3 Å². The van der Waals surface area contributed by atoms with Crippen molar-refractivity contribution in [1.82, 2.24) is 5.32 Å². The Morgan fingerprint density at radius 3 is 2.53 bits per heavy atom. The zero-order valence-electron chi connectivity index (χ0n) is 9.97. The fraction of sp³-hybridized carbons (Fsp3) is 0.500. The van der Waals surface area contributed by atoms with E-state index < -0.39 is 12.1 Å². The Hall–Kier alpha value is -1.14. The van der Waals surface area contributed by atoms with E-state index in [1.54, 1.807) is 0 Å². The third-order valence-corrected chi connectivity index (χ3v) is 3.03. The van der Waals surface area contributed by atoms with Crippen molar-refractivity contribution < 1.29 is 22.6 Å². The van der Waals surface area contributed by atoms with Gasteiger partial charge in [-0.05, 0) is 38.1 Å². The molecule has 0 bridgehead atoms. The van der Waals surface area contributed by atoms with Crippen LogP contribution in [-0.4, -0.2) is 25.6 Å². The second kappa shape index (κ2) is 5.88. The third-order valence-electron chi connectivity index (χ3n) is 2.72. The number of hydrogen-bond acceptors (Lipinski definition) is 3. The van der Waals surface area contributed by atoms with Gasteiger partial charge in [-0.3, -0.25) is 0 Å². The van der Waals surface area contributed by atoms with E-state index in [4.69, 9.17) is 16.3 Å². The molecule has 0 aromatic heterocycles. The quantitative estimate of drug-likeness (QED) is 0.927. The van der Waals surface area contributed by atoms with Crippen LogP contribution in [0, 0.1) is 0 Å². The highest BCUT2D eigenvalue weighted by molar-refractivity contribution is 6.32. The molecule has 0 unspecified atom stereocenters. The van der Waals surface area contributed by atoms with E-state index in [1.165, 1.54) is 12.1 Å². The highest BCUT2D eigenvalue weighted by atomic mass is 35.5. The van der Waals surface area contributed by atoms with E-state index in [2.05, 4.69) is 10.1 Å². The lowest BCUT2D eigenvalue weighted by molar-refractivity contribution is -0.274. The lowest BCUT2D eigenvalue weighted by Crippen LogP contribution is -2.34. The minimum Gasteiger partial charge on any atom is -0.490 e. The van der Waals surface area contributed by atoms with Crippen LogP contribution in [0.2, 0.25) is 5.02 Å². The largest absolute Gasteiger partial charge is 0.573 e. The molecule has 0 saturated carbocycles. The molecule has 0 amide bonds. The van der Waals surface area contributed by atoms with Gasteiger partial charge >= 0.3 is 6.36 Å². The standard InChI is InChI=1S/C12H13ClF3NO2/c13-10-2-1-9(7-11(10)19-12(14,15)16)18-8-3-5-17-6-4-8/h1-2,7-8,17H,3-6H2. The molecule has 106 valence electrons. The smallest absolute Gasteiger partial charge is 0.490 e. The summed E-state index contributed by atoms with van der Waals surface area (Å²) in [6.45, 7) is 1.67. The fourth-order valence-electron chi connectivity index (χ4n) is 1.87. The average Bonchev–Trinajstić information content (AvgIpc) is 2.33. The lowest BCUT2D eigenvalue weighted by Gasteiger charge is -2.24. The van der Waals surface area contributed by atoms with Crippen LogP contribution >= 0.6 is 11.6 Å². The first-order valence-electron chi connectivity index (χ1n) is 5.87. The van der Waals surface area contributed by atoms with Gasteiger partial charge in [0.05, 0.1) is 5.02 Å². The number of piperidine rings is 1. The minimum absolute atomic E-state index is 0.00108. The molecular formula is C12H13ClF3NO2. The van der Waals surface area contributed by atoms with Crippen molar-refractivity contribution in [3.63, 3.8) is 0 Å². The van der Waals surface area contributed by atoms with Crippen molar-refractivity contribution in [2.75, 3.05) is 13.1 Å². The predicted molar refractivity (Wildman–Crippen MR) is 64.7 cm³/mol. The van der Waals surface area contributed by atoms with E-state index in [0.29, 0.717) is 5.75 Å². The van der Waals surface area contributed by atoms with E-state index in [9.17, 15) is 13.2 Å². The molecular weight excluding hydrogens is 283 g/mol. The van der Waals surface area contributed by atoms with Crippen LogP contribution in [-0.2, 0) is 0 Å². The lowest BCUT2D eigenvalue weighted by atomic mass is 10.1. The highest BCUT2D eigenvalue weighted by Gasteiger charge is 2.32. The number of halogens is 4. The fourth-order valence-corrected chi connectivity index (χ4v) is 2.02. The first-order valence-corrected chi connectivity index (χ1v) is 6.24. The Kier molecular flexibility index (Phi) is 4.42. The number of hydrogen-bond donors (Lipinski definition) is 1. The van der Waals surface area contributed by atoms with Gasteiger partial charge in [-0.1, -0.05) is 11.6 Å². The minimum atomic E-state index is -4.77. The Bertz CT molecular complexity index is 433. The first kappa shape index (κ1) is 14.3. The molecule has 1 aliphatic rings. The van der Waals surface area contributed by atoms with Gasteiger partial charge in [0, 0.05) is 6.07 Å². The average molecular weight is 296 g/mol. The van der Waals surface area contributed by atoms with E-state index in [1.807, 2.05) is 0 Å². The number of alkyl halides is 3. The molecule has 19 heavy (non-hydrogen) atoms. The van der Waals surface area contributed by atoms with Crippen molar-refractivity contribution in [2.24, 2.45) is 0 Å². The van der Waals surface area contributed by atoms with Gasteiger partial charge in [-0.2, -0.15) is 0 Å². The monoisotopic (exact) mass is 295 g/mol. The van der Waals surface area contributed by atoms with Crippen LogP contribution in [0.3, 0.4) is 0 Å². The van der Waals surface area contributed by atoms with Crippen LogP contribution in [0.25, 0.3) is 0 Å². The molecule has 1 fully saturated rings. The van der Waals surface area contributed by atoms with Crippen LogP contribution in [0.1, 0.15) is 12.8 Å². The molecule has 1 aromatic rings. The number of nitrogens with one attached hydrogen (secondary N) is 1. The normalized spacial score (nSPS) is 17.3. The number of ether oxygens (including phenoxy) is 2. The Balaban J connectivity index is 2.07. The summed E-state index contributed by atoms with van der Waals surface area (Å²) in [5.74, 6) is -0.115. The van der Waals surface area contributed by atoms with E-state index in [-0.39, 0.29) is 11.1 Å². The molecule has 0 radical (unpaired) electrons. The summed E-state index contributed by atoms with van der Waals surface area (Å²) in [5.41, 5.74) is 0. The van der Waals surface area contributed by atoms with Crippen molar-refractivity contribution >= 4 is 11.6 Å². The molecule has 1 saturated heterocycles. The molecule has 1 aromatic carbocycles. The summed E-state index contributed by atoms with van der Waals surface area (Å²) in [5, 5.41) is 3.08. The van der Waals surface area contributed by atoms with Gasteiger partial charge < -0.3 is 14.8 Å². The second-order valence-corrected chi connectivity index (χ2v) is 4.61. The number of rotatable bonds is 3. The Labute approximate surface area is 113 Å². The van der Waals surface area contributed by atoms with E-state index >= 15 is 0 Å². The number of benzene rings is 1.